The molecule has 0 saturated carbocycles. The van der Waals surface area contributed by atoms with Crippen molar-refractivity contribution >= 4 is 27.3 Å². The van der Waals surface area contributed by atoms with Crippen molar-refractivity contribution in [2.75, 3.05) is 10.0 Å². The van der Waals surface area contributed by atoms with Gasteiger partial charge < -0.3 is 5.32 Å². The number of rotatable bonds is 5. The molecular formula is C21H17N3O3S. The van der Waals surface area contributed by atoms with E-state index in [0.717, 1.165) is 5.56 Å². The molecule has 1 amide bonds. The van der Waals surface area contributed by atoms with Gasteiger partial charge in [-0.2, -0.15) is 5.26 Å². The number of nitrogens with zero attached hydrogens (tertiary/aromatic N) is 1. The van der Waals surface area contributed by atoms with Crippen LogP contribution in [0.3, 0.4) is 0 Å². The van der Waals surface area contributed by atoms with E-state index in [0.29, 0.717) is 22.5 Å². The van der Waals surface area contributed by atoms with Crippen LogP contribution in [0.5, 0.6) is 0 Å². The second-order valence-electron chi connectivity index (χ2n) is 6.14. The van der Waals surface area contributed by atoms with Gasteiger partial charge >= 0.3 is 0 Å². The Hall–Kier alpha value is -3.63. The molecule has 0 fully saturated rings. The summed E-state index contributed by atoms with van der Waals surface area (Å²) in [6.45, 7) is 1.88. The summed E-state index contributed by atoms with van der Waals surface area (Å²) >= 11 is 0. The third-order valence-corrected chi connectivity index (χ3v) is 5.38. The third-order valence-electron chi connectivity index (χ3n) is 3.98. The summed E-state index contributed by atoms with van der Waals surface area (Å²) in [7, 11) is -3.68. The molecule has 0 heterocycles. The Kier molecular flexibility index (Phi) is 5.43. The van der Waals surface area contributed by atoms with Crippen LogP contribution in [0.15, 0.2) is 77.7 Å². The van der Waals surface area contributed by atoms with Gasteiger partial charge in [-0.3, -0.25) is 9.52 Å². The topological polar surface area (TPSA) is 99.1 Å². The molecule has 3 aromatic carbocycles. The molecule has 0 unspecified atom stereocenters. The van der Waals surface area contributed by atoms with Gasteiger partial charge in [-0.05, 0) is 61.5 Å². The van der Waals surface area contributed by atoms with Crippen LogP contribution in [0.2, 0.25) is 0 Å². The van der Waals surface area contributed by atoms with Crippen molar-refractivity contribution in [2.45, 2.75) is 11.8 Å². The summed E-state index contributed by atoms with van der Waals surface area (Å²) in [5.74, 6) is -0.356. The summed E-state index contributed by atoms with van der Waals surface area (Å²) in [6.07, 6.45) is 0. The van der Waals surface area contributed by atoms with Crippen LogP contribution in [0.1, 0.15) is 21.5 Å². The Bertz CT molecular complexity index is 1150. The van der Waals surface area contributed by atoms with Gasteiger partial charge in [-0.1, -0.05) is 23.8 Å². The Morgan fingerprint density at radius 3 is 2.21 bits per heavy atom. The SMILES string of the molecule is Cc1ccc(S(=O)(=O)Nc2ccc(NC(=O)c3cccc(C#N)c3)cc2)cc1. The lowest BCUT2D eigenvalue weighted by Crippen LogP contribution is -2.14. The first kappa shape index (κ1) is 19.1. The molecule has 0 aliphatic rings. The minimum absolute atomic E-state index is 0.174. The fraction of sp³-hybridized carbons (Fsp3) is 0.0476. The van der Waals surface area contributed by atoms with Crippen molar-refractivity contribution in [1.82, 2.24) is 0 Å². The molecular weight excluding hydrogens is 374 g/mol. The molecule has 0 bridgehead atoms. The molecule has 0 aliphatic heterocycles. The van der Waals surface area contributed by atoms with E-state index >= 15 is 0 Å². The standard InChI is InChI=1S/C21H17N3O3S/c1-15-5-11-20(12-6-15)28(26,27)24-19-9-7-18(8-10-19)23-21(25)17-4-2-3-16(13-17)14-22/h2-13,24H,1H3,(H,23,25). The van der Waals surface area contributed by atoms with E-state index < -0.39 is 10.0 Å². The molecule has 2 N–H and O–H groups in total. The third kappa shape index (κ3) is 4.55. The quantitative estimate of drug-likeness (QED) is 0.688. The van der Waals surface area contributed by atoms with Crippen LogP contribution >= 0.6 is 0 Å². The molecule has 7 heteroatoms. The van der Waals surface area contributed by atoms with E-state index in [9.17, 15) is 13.2 Å². The highest BCUT2D eigenvalue weighted by Crippen LogP contribution is 2.19. The van der Waals surface area contributed by atoms with Crippen molar-refractivity contribution in [3.63, 3.8) is 0 Å². The average molecular weight is 391 g/mol. The average Bonchev–Trinajstić information content (AvgIpc) is 2.69. The van der Waals surface area contributed by atoms with Crippen LogP contribution in [0.25, 0.3) is 0 Å². The van der Waals surface area contributed by atoms with Crippen molar-refractivity contribution < 1.29 is 13.2 Å². The minimum atomic E-state index is -3.68. The maximum Gasteiger partial charge on any atom is 0.261 e. The van der Waals surface area contributed by atoms with Crippen LogP contribution < -0.4 is 10.0 Å². The van der Waals surface area contributed by atoms with E-state index in [2.05, 4.69) is 10.0 Å². The number of sulfonamides is 1. The highest BCUT2D eigenvalue weighted by molar-refractivity contribution is 7.92. The van der Waals surface area contributed by atoms with Gasteiger partial charge in [0.2, 0.25) is 0 Å². The van der Waals surface area contributed by atoms with Gasteiger partial charge in [-0.25, -0.2) is 8.42 Å². The summed E-state index contributed by atoms with van der Waals surface area (Å²) < 4.78 is 27.3. The Labute approximate surface area is 163 Å². The molecule has 0 aromatic heterocycles. The highest BCUT2D eigenvalue weighted by Gasteiger charge is 2.14. The maximum atomic E-state index is 12.4. The molecule has 0 saturated heterocycles. The second-order valence-corrected chi connectivity index (χ2v) is 7.83. The predicted octanol–water partition coefficient (Wildman–Crippen LogP) is 3.92. The zero-order chi connectivity index (χ0) is 20.1. The summed E-state index contributed by atoms with van der Waals surface area (Å²) in [5, 5.41) is 11.6. The lowest BCUT2D eigenvalue weighted by Gasteiger charge is -2.10. The molecule has 6 nitrogen and oxygen atoms in total. The fourth-order valence-electron chi connectivity index (χ4n) is 2.49. The number of hydrogen-bond donors (Lipinski definition) is 2. The minimum Gasteiger partial charge on any atom is -0.322 e. The van der Waals surface area contributed by atoms with E-state index in [1.165, 1.54) is 6.07 Å². The Morgan fingerprint density at radius 1 is 0.929 bits per heavy atom. The number of nitrogens with one attached hydrogen (secondary N) is 2. The number of hydrogen-bond acceptors (Lipinski definition) is 4. The van der Waals surface area contributed by atoms with E-state index in [4.69, 9.17) is 5.26 Å². The van der Waals surface area contributed by atoms with Gasteiger partial charge in [0.05, 0.1) is 16.5 Å². The van der Waals surface area contributed by atoms with Gasteiger partial charge in [-0.15, -0.1) is 0 Å². The molecule has 28 heavy (non-hydrogen) atoms. The normalized spacial score (nSPS) is 10.7. The second kappa shape index (κ2) is 7.94. The van der Waals surface area contributed by atoms with Crippen LogP contribution in [0.4, 0.5) is 11.4 Å². The van der Waals surface area contributed by atoms with Gasteiger partial charge in [0, 0.05) is 16.9 Å². The lowest BCUT2D eigenvalue weighted by molar-refractivity contribution is 0.102. The summed E-state index contributed by atoms with van der Waals surface area (Å²) in [5.41, 5.74) is 2.62. The molecule has 3 rings (SSSR count). The van der Waals surface area contributed by atoms with Crippen LogP contribution in [-0.4, -0.2) is 14.3 Å². The van der Waals surface area contributed by atoms with Gasteiger partial charge in [0.1, 0.15) is 0 Å². The Balaban J connectivity index is 1.70. The first-order valence-corrected chi connectivity index (χ1v) is 9.87. The fourth-order valence-corrected chi connectivity index (χ4v) is 3.54. The maximum absolute atomic E-state index is 12.4. The predicted molar refractivity (Wildman–Crippen MR) is 108 cm³/mol. The van der Waals surface area contributed by atoms with Gasteiger partial charge in [0.15, 0.2) is 0 Å². The van der Waals surface area contributed by atoms with Crippen molar-refractivity contribution in [1.29, 1.82) is 5.26 Å². The number of anilines is 2. The van der Waals surface area contributed by atoms with Crippen molar-refractivity contribution in [3.8, 4) is 6.07 Å². The molecule has 0 radical (unpaired) electrons. The zero-order valence-corrected chi connectivity index (χ0v) is 15.8. The number of nitriles is 1. The van der Waals surface area contributed by atoms with Crippen LogP contribution in [0, 0.1) is 18.3 Å². The molecule has 3 aromatic rings. The zero-order valence-electron chi connectivity index (χ0n) is 15.0. The number of benzene rings is 3. The first-order valence-electron chi connectivity index (χ1n) is 8.38. The lowest BCUT2D eigenvalue weighted by atomic mass is 10.1. The summed E-state index contributed by atoms with van der Waals surface area (Å²) in [6, 6.07) is 21.2. The number of aryl methyl sites for hydroxylation is 1. The van der Waals surface area contributed by atoms with Gasteiger partial charge in [0.25, 0.3) is 15.9 Å². The monoisotopic (exact) mass is 391 g/mol. The highest BCUT2D eigenvalue weighted by atomic mass is 32.2. The molecule has 0 atom stereocenters. The molecule has 140 valence electrons. The van der Waals surface area contributed by atoms with Crippen LogP contribution in [-0.2, 0) is 10.0 Å². The van der Waals surface area contributed by atoms with E-state index in [-0.39, 0.29) is 10.8 Å². The Morgan fingerprint density at radius 2 is 1.57 bits per heavy atom. The van der Waals surface area contributed by atoms with Crippen molar-refractivity contribution in [2.24, 2.45) is 0 Å². The smallest absolute Gasteiger partial charge is 0.261 e. The van der Waals surface area contributed by atoms with E-state index in [1.807, 2.05) is 13.0 Å². The summed E-state index contributed by atoms with van der Waals surface area (Å²) in [4.78, 5) is 12.5. The molecule has 0 spiro atoms. The largest absolute Gasteiger partial charge is 0.322 e. The first-order chi connectivity index (χ1) is 13.4. The number of carbonyl (C=O) groups excluding carboxylic acids is 1. The molecule has 0 aliphatic carbocycles. The van der Waals surface area contributed by atoms with E-state index in [1.54, 1.807) is 66.7 Å². The van der Waals surface area contributed by atoms with Crippen molar-refractivity contribution in [3.05, 3.63) is 89.5 Å². The number of amides is 1. The number of carbonyl (C=O) groups is 1.